The predicted octanol–water partition coefficient (Wildman–Crippen LogP) is 6.50. The molecule has 232 valence electrons. The summed E-state index contributed by atoms with van der Waals surface area (Å²) >= 11 is -0.378. The van der Waals surface area contributed by atoms with E-state index in [-0.39, 0.29) is 43.2 Å². The van der Waals surface area contributed by atoms with E-state index in [9.17, 15) is 25.1 Å². The van der Waals surface area contributed by atoms with Crippen LogP contribution in [-0.4, -0.2) is 46.2 Å². The number of benzene rings is 2. The zero-order valence-electron chi connectivity index (χ0n) is 25.8. The number of carbonyl (C=O) groups excluding carboxylic acids is 1. The van der Waals surface area contributed by atoms with Crippen molar-refractivity contribution in [2.75, 3.05) is 0 Å². The van der Waals surface area contributed by atoms with Gasteiger partial charge in [-0.15, -0.1) is 0 Å². The molecule has 0 saturated heterocycles. The van der Waals surface area contributed by atoms with Crippen LogP contribution in [0.25, 0.3) is 0 Å². The summed E-state index contributed by atoms with van der Waals surface area (Å²) in [6.07, 6.45) is 12.1. The molecular formula is C35H46N2O5Se. The van der Waals surface area contributed by atoms with Crippen LogP contribution in [0.3, 0.4) is 0 Å². The van der Waals surface area contributed by atoms with Crippen LogP contribution in [0.1, 0.15) is 114 Å². The van der Waals surface area contributed by atoms with E-state index in [1.165, 1.54) is 24.0 Å². The number of amides is 1. The van der Waals surface area contributed by atoms with Gasteiger partial charge in [-0.2, -0.15) is 0 Å². The van der Waals surface area contributed by atoms with Crippen molar-refractivity contribution in [3.63, 3.8) is 0 Å². The first kappa shape index (κ1) is 30.6. The molecule has 6 atom stereocenters. The monoisotopic (exact) mass is 654 g/mol. The average molecular weight is 654 g/mol. The molecule has 0 spiro atoms. The standard InChI is InChI=1S/C35H46N2O5Se/c1-34(2)28-11-9-12-29(37(41)42)33(28)43-36(34)31(40)13-8-6-4-5-7-10-22-20-23-21-24(38)14-15-25(23)26-18-19-35(3)27(32(22)26)16-17-30(35)39/h9,11-12,14-15,21-22,26-27,30,32,38-39H,4-8,10,13,16-20H2,1-3H3/t22-,26?,27?,30+,32?,35+/m1/s1. The molecule has 2 N–H and O–H groups in total. The number of nitro groups is 1. The van der Waals surface area contributed by atoms with Crippen LogP contribution in [-0.2, 0) is 16.8 Å². The number of phenols is 1. The Balaban J connectivity index is 1.01. The quantitative estimate of drug-likeness (QED) is 0.139. The second-order valence-corrected chi connectivity index (χ2v) is 16.3. The van der Waals surface area contributed by atoms with E-state index in [4.69, 9.17) is 0 Å². The van der Waals surface area contributed by atoms with Crippen molar-refractivity contribution in [3.05, 3.63) is 63.2 Å². The third kappa shape index (κ3) is 5.42. The van der Waals surface area contributed by atoms with Crippen molar-refractivity contribution < 1.29 is 19.9 Å². The van der Waals surface area contributed by atoms with E-state index in [2.05, 4.69) is 13.0 Å². The van der Waals surface area contributed by atoms with Crippen LogP contribution in [0, 0.1) is 33.3 Å². The fraction of sp³-hybridized carbons (Fsp3) is 0.629. The second-order valence-electron chi connectivity index (χ2n) is 14.3. The third-order valence-corrected chi connectivity index (χ3v) is 14.6. The van der Waals surface area contributed by atoms with Crippen LogP contribution < -0.4 is 4.46 Å². The topological polar surface area (TPSA) is 104 Å². The van der Waals surface area contributed by atoms with E-state index in [1.807, 2.05) is 36.0 Å². The molecule has 1 aliphatic heterocycles. The summed E-state index contributed by atoms with van der Waals surface area (Å²) < 4.78 is 2.61. The number of aliphatic hydroxyl groups excluding tert-OH is 1. The molecular weight excluding hydrogens is 607 g/mol. The van der Waals surface area contributed by atoms with E-state index in [0.29, 0.717) is 35.8 Å². The summed E-state index contributed by atoms with van der Waals surface area (Å²) in [5.74, 6) is 2.76. The zero-order chi connectivity index (χ0) is 30.5. The molecule has 0 radical (unpaired) electrons. The first-order valence-corrected chi connectivity index (χ1v) is 17.9. The van der Waals surface area contributed by atoms with Gasteiger partial charge in [0.2, 0.25) is 0 Å². The number of hydrogen-bond acceptors (Lipinski definition) is 5. The summed E-state index contributed by atoms with van der Waals surface area (Å²) in [5.41, 5.74) is 3.32. The summed E-state index contributed by atoms with van der Waals surface area (Å²) in [4.78, 5) is 24.5. The van der Waals surface area contributed by atoms with Gasteiger partial charge in [0.1, 0.15) is 5.75 Å². The third-order valence-electron chi connectivity index (χ3n) is 11.6. The maximum absolute atomic E-state index is 13.2. The molecule has 3 unspecified atom stereocenters. The van der Waals surface area contributed by atoms with Crippen molar-refractivity contribution in [2.24, 2.45) is 23.2 Å². The predicted molar refractivity (Wildman–Crippen MR) is 168 cm³/mol. The van der Waals surface area contributed by atoms with Gasteiger partial charge in [-0.1, -0.05) is 13.0 Å². The number of unbranched alkanes of at least 4 members (excludes halogenated alkanes) is 4. The van der Waals surface area contributed by atoms with Gasteiger partial charge in [-0.3, -0.25) is 0 Å². The number of nitro benzene ring substituents is 1. The first-order chi connectivity index (χ1) is 20.5. The zero-order valence-corrected chi connectivity index (χ0v) is 27.5. The normalized spacial score (nSPS) is 30.3. The van der Waals surface area contributed by atoms with E-state index < -0.39 is 5.54 Å². The Kier molecular flexibility index (Phi) is 8.42. The number of aliphatic hydroxyl groups is 1. The Labute approximate surface area is 262 Å². The Morgan fingerprint density at radius 3 is 2.63 bits per heavy atom. The molecule has 7 nitrogen and oxygen atoms in total. The second kappa shape index (κ2) is 11.8. The molecule has 1 amide bonds. The van der Waals surface area contributed by atoms with E-state index in [0.717, 1.165) is 67.8 Å². The number of hydrogen-bond donors (Lipinski definition) is 2. The van der Waals surface area contributed by atoms with Crippen LogP contribution in [0.15, 0.2) is 36.4 Å². The summed E-state index contributed by atoms with van der Waals surface area (Å²) in [6.45, 7) is 6.33. The number of carbonyl (C=O) groups is 1. The molecule has 4 aliphatic rings. The van der Waals surface area contributed by atoms with E-state index in [1.54, 1.807) is 12.1 Å². The van der Waals surface area contributed by atoms with Crippen LogP contribution in [0.5, 0.6) is 5.75 Å². The fourth-order valence-corrected chi connectivity index (χ4v) is 12.1. The fourth-order valence-electron chi connectivity index (χ4n) is 9.27. The Morgan fingerprint density at radius 1 is 1.07 bits per heavy atom. The van der Waals surface area contributed by atoms with Gasteiger partial charge >= 0.3 is 179 Å². The van der Waals surface area contributed by atoms with Crippen molar-refractivity contribution >= 4 is 31.2 Å². The van der Waals surface area contributed by atoms with Crippen LogP contribution in [0.2, 0.25) is 0 Å². The van der Waals surface area contributed by atoms with E-state index >= 15 is 0 Å². The number of fused-ring (bicyclic) bond motifs is 6. The Bertz CT molecular complexity index is 1390. The SMILES string of the molecule is CC1(C)c2cccc([N+](=O)[O-])c2[Se]N1C(=O)CCCCCCC[C@@H]1Cc2cc(O)ccc2C2CC[C@@]3(C)C(CC[C@@H]3O)C21. The van der Waals surface area contributed by atoms with Crippen molar-refractivity contribution in [1.29, 1.82) is 0 Å². The van der Waals surface area contributed by atoms with Crippen molar-refractivity contribution in [3.8, 4) is 5.75 Å². The molecule has 2 aromatic carbocycles. The van der Waals surface area contributed by atoms with Gasteiger partial charge in [0, 0.05) is 0 Å². The molecule has 2 aromatic rings. The molecule has 2 fully saturated rings. The van der Waals surface area contributed by atoms with Crippen LogP contribution >= 0.6 is 0 Å². The van der Waals surface area contributed by atoms with Gasteiger partial charge in [0.15, 0.2) is 0 Å². The molecule has 43 heavy (non-hydrogen) atoms. The molecule has 2 saturated carbocycles. The Hall–Kier alpha value is -2.41. The van der Waals surface area contributed by atoms with Gasteiger partial charge in [-0.05, 0) is 48.8 Å². The summed E-state index contributed by atoms with van der Waals surface area (Å²) in [6, 6.07) is 11.2. The number of aromatic hydroxyl groups is 1. The minimum absolute atomic E-state index is 0.0395. The van der Waals surface area contributed by atoms with Crippen LogP contribution in [0.4, 0.5) is 5.69 Å². The summed E-state index contributed by atoms with van der Waals surface area (Å²) in [7, 11) is 0. The first-order valence-electron chi connectivity index (χ1n) is 16.3. The molecule has 8 heteroatoms. The molecule has 0 bridgehead atoms. The molecule has 3 aliphatic carbocycles. The number of rotatable bonds is 9. The van der Waals surface area contributed by atoms with Gasteiger partial charge in [-0.25, -0.2) is 0 Å². The van der Waals surface area contributed by atoms with Gasteiger partial charge in [0.25, 0.3) is 0 Å². The minimum atomic E-state index is -0.518. The number of phenolic OH excluding ortho intramolecular Hbond substituents is 1. The molecule has 0 aromatic heterocycles. The maximum atomic E-state index is 13.2. The average Bonchev–Trinajstić information content (AvgIpc) is 3.43. The van der Waals surface area contributed by atoms with Gasteiger partial charge < -0.3 is 10.2 Å². The van der Waals surface area contributed by atoms with Crippen molar-refractivity contribution in [1.82, 2.24) is 3.92 Å². The molecule has 1 heterocycles. The molecule has 6 rings (SSSR count). The van der Waals surface area contributed by atoms with Gasteiger partial charge in [0.05, 0.1) is 6.10 Å². The van der Waals surface area contributed by atoms with Crippen molar-refractivity contribution in [2.45, 2.75) is 115 Å². The Morgan fingerprint density at radius 2 is 1.84 bits per heavy atom. The summed E-state index contributed by atoms with van der Waals surface area (Å²) in [5, 5.41) is 32.7. The number of nitrogens with zero attached hydrogens (tertiary/aromatic N) is 2.